The minimum absolute atomic E-state index is 0.261. The molecule has 0 aliphatic rings. The Morgan fingerprint density at radius 1 is 1.38 bits per heavy atom. The maximum atomic E-state index is 13.6. The van der Waals surface area contributed by atoms with Gasteiger partial charge in [-0.3, -0.25) is 0 Å². The van der Waals surface area contributed by atoms with Crippen LogP contribution in [0.3, 0.4) is 0 Å². The van der Waals surface area contributed by atoms with Crippen molar-refractivity contribution < 1.29 is 4.39 Å². The Morgan fingerprint density at radius 3 is 2.75 bits per heavy atom. The van der Waals surface area contributed by atoms with Gasteiger partial charge in [-0.25, -0.2) is 4.39 Å². The summed E-state index contributed by atoms with van der Waals surface area (Å²) < 4.78 is 14.5. The van der Waals surface area contributed by atoms with Gasteiger partial charge in [-0.1, -0.05) is 15.9 Å². The van der Waals surface area contributed by atoms with Crippen molar-refractivity contribution in [3.63, 3.8) is 0 Å². The zero-order chi connectivity index (χ0) is 11.7. The van der Waals surface area contributed by atoms with Gasteiger partial charge in [0.1, 0.15) is 5.82 Å². The third-order valence-electron chi connectivity index (χ3n) is 2.48. The van der Waals surface area contributed by atoms with Gasteiger partial charge < -0.3 is 5.73 Å². The van der Waals surface area contributed by atoms with Crippen LogP contribution in [0, 0.1) is 12.7 Å². The van der Waals surface area contributed by atoms with Gasteiger partial charge in [-0.05, 0) is 42.1 Å². The van der Waals surface area contributed by atoms with Crippen LogP contribution in [0.4, 0.5) is 4.39 Å². The average molecular weight is 300 g/mol. The lowest BCUT2D eigenvalue weighted by atomic mass is 10.0. The number of nitrogens with two attached hydrogens (primary N) is 1. The highest BCUT2D eigenvalue weighted by atomic mass is 79.9. The SMILES string of the molecule is Cc1ccsc1C(N)c1cc(Br)ccc1F. The molecule has 4 heteroatoms. The van der Waals surface area contributed by atoms with Gasteiger partial charge in [0.05, 0.1) is 6.04 Å². The largest absolute Gasteiger partial charge is 0.320 e. The summed E-state index contributed by atoms with van der Waals surface area (Å²) in [5, 5.41) is 1.97. The van der Waals surface area contributed by atoms with Crippen LogP contribution in [0.1, 0.15) is 22.0 Å². The minimum atomic E-state index is -0.391. The Morgan fingerprint density at radius 2 is 2.12 bits per heavy atom. The molecule has 0 aliphatic heterocycles. The van der Waals surface area contributed by atoms with Gasteiger partial charge in [0, 0.05) is 14.9 Å². The Hall–Kier alpha value is -0.710. The molecule has 0 radical (unpaired) electrons. The maximum Gasteiger partial charge on any atom is 0.128 e. The Labute approximate surface area is 106 Å². The van der Waals surface area contributed by atoms with Crippen molar-refractivity contribution in [2.75, 3.05) is 0 Å². The van der Waals surface area contributed by atoms with E-state index < -0.39 is 6.04 Å². The number of halogens is 2. The number of aryl methyl sites for hydroxylation is 1. The van der Waals surface area contributed by atoms with E-state index in [-0.39, 0.29) is 5.82 Å². The first-order chi connectivity index (χ1) is 7.59. The van der Waals surface area contributed by atoms with E-state index >= 15 is 0 Å². The molecule has 2 N–H and O–H groups in total. The maximum absolute atomic E-state index is 13.6. The zero-order valence-electron chi connectivity index (χ0n) is 8.71. The second kappa shape index (κ2) is 4.65. The summed E-state index contributed by atoms with van der Waals surface area (Å²) in [6.07, 6.45) is 0. The van der Waals surface area contributed by atoms with Crippen molar-refractivity contribution in [2.24, 2.45) is 5.73 Å². The summed E-state index contributed by atoms with van der Waals surface area (Å²) >= 11 is 4.89. The zero-order valence-corrected chi connectivity index (χ0v) is 11.1. The second-order valence-electron chi connectivity index (χ2n) is 3.61. The molecule has 0 saturated heterocycles. The van der Waals surface area contributed by atoms with Gasteiger partial charge in [0.2, 0.25) is 0 Å². The lowest BCUT2D eigenvalue weighted by Gasteiger charge is -2.13. The molecular weight excluding hydrogens is 289 g/mol. The van der Waals surface area contributed by atoms with Gasteiger partial charge in [0.25, 0.3) is 0 Å². The lowest BCUT2D eigenvalue weighted by molar-refractivity contribution is 0.600. The van der Waals surface area contributed by atoms with Gasteiger partial charge in [-0.15, -0.1) is 11.3 Å². The molecule has 2 aromatic rings. The fraction of sp³-hybridized carbons (Fsp3) is 0.167. The molecule has 0 aliphatic carbocycles. The average Bonchev–Trinajstić information content (AvgIpc) is 2.67. The predicted molar refractivity (Wildman–Crippen MR) is 69.2 cm³/mol. The highest BCUT2D eigenvalue weighted by molar-refractivity contribution is 9.10. The van der Waals surface area contributed by atoms with Crippen molar-refractivity contribution in [1.82, 2.24) is 0 Å². The van der Waals surface area contributed by atoms with E-state index in [2.05, 4.69) is 15.9 Å². The Kier molecular flexibility index (Phi) is 3.42. The topological polar surface area (TPSA) is 26.0 Å². The van der Waals surface area contributed by atoms with Crippen molar-refractivity contribution in [2.45, 2.75) is 13.0 Å². The third kappa shape index (κ3) is 2.19. The number of benzene rings is 1. The van der Waals surface area contributed by atoms with E-state index in [1.54, 1.807) is 23.5 Å². The van der Waals surface area contributed by atoms with E-state index in [0.29, 0.717) is 5.56 Å². The van der Waals surface area contributed by atoms with E-state index in [1.165, 1.54) is 6.07 Å². The van der Waals surface area contributed by atoms with Crippen molar-refractivity contribution in [1.29, 1.82) is 0 Å². The first-order valence-electron chi connectivity index (χ1n) is 4.84. The fourth-order valence-electron chi connectivity index (χ4n) is 1.60. The molecule has 84 valence electrons. The molecule has 0 saturated carbocycles. The van der Waals surface area contributed by atoms with Gasteiger partial charge in [-0.2, -0.15) is 0 Å². The predicted octanol–water partition coefficient (Wildman–Crippen LogP) is 4.01. The van der Waals surface area contributed by atoms with E-state index in [4.69, 9.17) is 5.73 Å². The van der Waals surface area contributed by atoms with Crippen LogP contribution in [-0.4, -0.2) is 0 Å². The summed E-state index contributed by atoms with van der Waals surface area (Å²) in [5.41, 5.74) is 7.72. The van der Waals surface area contributed by atoms with Crippen LogP contribution in [0.25, 0.3) is 0 Å². The standard InChI is InChI=1S/C12H11BrFNS/c1-7-4-5-16-12(7)11(15)9-6-8(13)2-3-10(9)14/h2-6,11H,15H2,1H3. The molecule has 0 amide bonds. The summed E-state index contributed by atoms with van der Waals surface area (Å²) in [6.45, 7) is 1.99. The number of rotatable bonds is 2. The van der Waals surface area contributed by atoms with Crippen molar-refractivity contribution >= 4 is 27.3 Å². The lowest BCUT2D eigenvalue weighted by Crippen LogP contribution is -2.13. The number of thiophene rings is 1. The highest BCUT2D eigenvalue weighted by Crippen LogP contribution is 2.30. The molecule has 1 atom stereocenters. The molecule has 0 bridgehead atoms. The molecule has 1 aromatic heterocycles. The summed E-state index contributed by atoms with van der Waals surface area (Å²) in [6, 6.07) is 6.45. The number of hydrogen-bond acceptors (Lipinski definition) is 2. The molecular formula is C12H11BrFNS. The highest BCUT2D eigenvalue weighted by Gasteiger charge is 2.16. The van der Waals surface area contributed by atoms with Crippen LogP contribution >= 0.6 is 27.3 Å². The summed E-state index contributed by atoms with van der Waals surface area (Å²) in [4.78, 5) is 1.01. The van der Waals surface area contributed by atoms with Gasteiger partial charge >= 0.3 is 0 Å². The van der Waals surface area contributed by atoms with E-state index in [9.17, 15) is 4.39 Å². The minimum Gasteiger partial charge on any atom is -0.320 e. The summed E-state index contributed by atoms with van der Waals surface area (Å²) in [5.74, 6) is -0.261. The van der Waals surface area contributed by atoms with Crippen LogP contribution in [0.15, 0.2) is 34.1 Å². The third-order valence-corrected chi connectivity index (χ3v) is 4.07. The Balaban J connectivity index is 2.45. The van der Waals surface area contributed by atoms with Crippen LogP contribution in [0.2, 0.25) is 0 Å². The molecule has 2 rings (SSSR count). The molecule has 1 nitrogen and oxygen atoms in total. The van der Waals surface area contributed by atoms with Crippen molar-refractivity contribution in [3.05, 3.63) is 55.9 Å². The van der Waals surface area contributed by atoms with Crippen molar-refractivity contribution in [3.8, 4) is 0 Å². The quantitative estimate of drug-likeness (QED) is 0.891. The Bertz CT molecular complexity index is 509. The molecule has 1 aromatic carbocycles. The molecule has 0 spiro atoms. The smallest absolute Gasteiger partial charge is 0.128 e. The second-order valence-corrected chi connectivity index (χ2v) is 5.47. The monoisotopic (exact) mass is 299 g/mol. The van der Waals surface area contributed by atoms with Crippen LogP contribution < -0.4 is 5.73 Å². The fourth-order valence-corrected chi connectivity index (χ4v) is 2.92. The normalized spacial score (nSPS) is 12.8. The molecule has 16 heavy (non-hydrogen) atoms. The van der Waals surface area contributed by atoms with Gasteiger partial charge in [0.15, 0.2) is 0 Å². The molecule has 1 heterocycles. The first-order valence-corrected chi connectivity index (χ1v) is 6.51. The van der Waals surface area contributed by atoms with E-state index in [0.717, 1.165) is 14.9 Å². The number of hydrogen-bond donors (Lipinski definition) is 1. The molecule has 0 fully saturated rings. The first kappa shape index (κ1) is 11.8. The van der Waals surface area contributed by atoms with E-state index in [1.807, 2.05) is 18.4 Å². The van der Waals surface area contributed by atoms with Crippen LogP contribution in [-0.2, 0) is 0 Å². The van der Waals surface area contributed by atoms with Crippen LogP contribution in [0.5, 0.6) is 0 Å². The molecule has 1 unspecified atom stereocenters. The summed E-state index contributed by atoms with van der Waals surface area (Å²) in [7, 11) is 0.